The summed E-state index contributed by atoms with van der Waals surface area (Å²) in [5, 5.41) is 0. The molecular weight excluding hydrogens is 284 g/mol. The Kier molecular flexibility index (Phi) is 2.62. The number of carbonyl (C=O) groups excluding carboxylic acids is 1. The Morgan fingerprint density at radius 2 is 2.41 bits per heavy atom. The van der Waals surface area contributed by atoms with Gasteiger partial charge >= 0.3 is 5.97 Å². The molecule has 1 aliphatic heterocycles. The average molecular weight is 297 g/mol. The lowest BCUT2D eigenvalue weighted by atomic mass is 10.1. The highest BCUT2D eigenvalue weighted by Crippen LogP contribution is 2.59. The van der Waals surface area contributed by atoms with Crippen molar-refractivity contribution in [2.75, 3.05) is 13.2 Å². The smallest absolute Gasteiger partial charge is 0.309 e. The Balaban J connectivity index is 1.88. The predicted molar refractivity (Wildman–Crippen MR) is 66.0 cm³/mol. The molecule has 0 unspecified atom stereocenters. The SMILES string of the molecule is CCOC(=O)[C@@H]1[C@H]2COc3ccc(Br)cc3[C@H]21. The maximum atomic E-state index is 11.8. The minimum absolute atomic E-state index is 0.00880. The molecule has 1 aromatic carbocycles. The Labute approximate surface area is 108 Å². The van der Waals surface area contributed by atoms with E-state index >= 15 is 0 Å². The van der Waals surface area contributed by atoms with Crippen molar-refractivity contribution in [2.24, 2.45) is 11.8 Å². The van der Waals surface area contributed by atoms with Crippen molar-refractivity contribution >= 4 is 21.9 Å². The predicted octanol–water partition coefficient (Wildman–Crippen LogP) is 2.73. The first kappa shape index (κ1) is 11.1. The van der Waals surface area contributed by atoms with Gasteiger partial charge in [0.2, 0.25) is 0 Å². The van der Waals surface area contributed by atoms with Crippen LogP contribution in [-0.2, 0) is 9.53 Å². The number of carbonyl (C=O) groups is 1. The summed E-state index contributed by atoms with van der Waals surface area (Å²) in [5.41, 5.74) is 1.13. The minimum atomic E-state index is -0.0843. The number of hydrogen-bond acceptors (Lipinski definition) is 3. The average Bonchev–Trinajstić information content (AvgIpc) is 3.04. The highest BCUT2D eigenvalue weighted by atomic mass is 79.9. The molecule has 4 heteroatoms. The summed E-state index contributed by atoms with van der Waals surface area (Å²) < 4.78 is 11.8. The zero-order valence-corrected chi connectivity index (χ0v) is 11.1. The third-order valence-electron chi connectivity index (χ3n) is 3.49. The third kappa shape index (κ3) is 1.75. The molecule has 1 aromatic rings. The summed E-state index contributed by atoms with van der Waals surface area (Å²) in [6.45, 7) is 2.91. The Bertz CT molecular complexity index is 472. The Morgan fingerprint density at radius 1 is 1.59 bits per heavy atom. The molecule has 1 saturated carbocycles. The van der Waals surface area contributed by atoms with Gasteiger partial charge in [-0.3, -0.25) is 4.79 Å². The number of rotatable bonds is 2. The van der Waals surface area contributed by atoms with Crippen molar-refractivity contribution in [3.63, 3.8) is 0 Å². The zero-order valence-electron chi connectivity index (χ0n) is 9.48. The van der Waals surface area contributed by atoms with E-state index in [0.717, 1.165) is 15.8 Å². The lowest BCUT2D eigenvalue weighted by Crippen LogP contribution is -2.10. The van der Waals surface area contributed by atoms with Crippen LogP contribution in [0.25, 0.3) is 0 Å². The second-order valence-electron chi connectivity index (χ2n) is 4.46. The number of esters is 1. The quantitative estimate of drug-likeness (QED) is 0.787. The molecule has 1 aliphatic carbocycles. The first-order chi connectivity index (χ1) is 8.22. The van der Waals surface area contributed by atoms with Crippen LogP contribution < -0.4 is 4.74 Å². The van der Waals surface area contributed by atoms with Crippen molar-refractivity contribution in [2.45, 2.75) is 12.8 Å². The normalized spacial score (nSPS) is 28.7. The van der Waals surface area contributed by atoms with Crippen LogP contribution >= 0.6 is 15.9 Å². The molecule has 0 spiro atoms. The highest BCUT2D eigenvalue weighted by Gasteiger charge is 2.59. The molecule has 3 atom stereocenters. The van der Waals surface area contributed by atoms with E-state index in [1.54, 1.807) is 0 Å². The summed E-state index contributed by atoms with van der Waals surface area (Å²) in [6, 6.07) is 5.96. The van der Waals surface area contributed by atoms with Crippen LogP contribution in [0.2, 0.25) is 0 Å². The molecule has 1 fully saturated rings. The van der Waals surface area contributed by atoms with Gasteiger partial charge in [0.05, 0.1) is 19.1 Å². The summed E-state index contributed by atoms with van der Waals surface area (Å²) in [7, 11) is 0. The van der Waals surface area contributed by atoms with Gasteiger partial charge in [-0.25, -0.2) is 0 Å². The van der Waals surface area contributed by atoms with Gasteiger partial charge in [0.15, 0.2) is 0 Å². The molecule has 17 heavy (non-hydrogen) atoms. The molecule has 2 aliphatic rings. The fourth-order valence-corrected chi connectivity index (χ4v) is 3.04. The third-order valence-corrected chi connectivity index (χ3v) is 3.98. The van der Waals surface area contributed by atoms with Gasteiger partial charge in [0.25, 0.3) is 0 Å². The largest absolute Gasteiger partial charge is 0.493 e. The molecule has 3 rings (SSSR count). The number of fused-ring (bicyclic) bond motifs is 3. The molecule has 90 valence electrons. The summed E-state index contributed by atoms with van der Waals surface area (Å²) in [5.74, 6) is 1.40. The van der Waals surface area contributed by atoms with Crippen LogP contribution in [0.3, 0.4) is 0 Å². The first-order valence-corrected chi connectivity index (χ1v) is 6.60. The standard InChI is InChI=1S/C13H13BrO3/c1-2-16-13(15)12-9-6-17-10-4-3-7(14)5-8(10)11(9)12/h3-5,9,11-12H,2,6H2,1H3/t9-,11+,12+/m0/s1. The van der Waals surface area contributed by atoms with Crippen LogP contribution in [0.15, 0.2) is 22.7 Å². The number of ether oxygens (including phenoxy) is 2. The van der Waals surface area contributed by atoms with Crippen LogP contribution in [0.4, 0.5) is 0 Å². The van der Waals surface area contributed by atoms with E-state index in [4.69, 9.17) is 9.47 Å². The van der Waals surface area contributed by atoms with Gasteiger partial charge in [-0.15, -0.1) is 0 Å². The van der Waals surface area contributed by atoms with Gasteiger partial charge in [0.1, 0.15) is 5.75 Å². The monoisotopic (exact) mass is 296 g/mol. The second-order valence-corrected chi connectivity index (χ2v) is 5.38. The van der Waals surface area contributed by atoms with Gasteiger partial charge in [-0.2, -0.15) is 0 Å². The highest BCUT2D eigenvalue weighted by molar-refractivity contribution is 9.10. The number of halogens is 1. The summed E-state index contributed by atoms with van der Waals surface area (Å²) in [4.78, 5) is 11.8. The Hall–Kier alpha value is -1.03. The fraction of sp³-hybridized carbons (Fsp3) is 0.462. The van der Waals surface area contributed by atoms with Crippen molar-refractivity contribution in [3.05, 3.63) is 28.2 Å². The molecule has 0 N–H and O–H groups in total. The van der Waals surface area contributed by atoms with E-state index in [1.165, 1.54) is 0 Å². The van der Waals surface area contributed by atoms with Crippen LogP contribution in [-0.4, -0.2) is 19.2 Å². The molecule has 0 bridgehead atoms. The molecule has 0 aromatic heterocycles. The van der Waals surface area contributed by atoms with Gasteiger partial charge < -0.3 is 9.47 Å². The van der Waals surface area contributed by atoms with E-state index in [2.05, 4.69) is 15.9 Å². The van der Waals surface area contributed by atoms with Gasteiger partial charge in [-0.05, 0) is 30.7 Å². The van der Waals surface area contributed by atoms with Gasteiger partial charge in [-0.1, -0.05) is 15.9 Å². The van der Waals surface area contributed by atoms with Crippen molar-refractivity contribution in [1.29, 1.82) is 0 Å². The van der Waals surface area contributed by atoms with Crippen molar-refractivity contribution in [3.8, 4) is 5.75 Å². The van der Waals surface area contributed by atoms with E-state index in [9.17, 15) is 4.79 Å². The van der Waals surface area contributed by atoms with E-state index in [1.807, 2.05) is 25.1 Å². The second kappa shape index (κ2) is 4.02. The summed E-state index contributed by atoms with van der Waals surface area (Å²) in [6.07, 6.45) is 0. The molecule has 1 heterocycles. The first-order valence-electron chi connectivity index (χ1n) is 5.81. The van der Waals surface area contributed by atoms with E-state index in [-0.39, 0.29) is 17.8 Å². The maximum absolute atomic E-state index is 11.8. The zero-order chi connectivity index (χ0) is 12.0. The van der Waals surface area contributed by atoms with E-state index in [0.29, 0.717) is 19.1 Å². The number of hydrogen-bond donors (Lipinski definition) is 0. The van der Waals surface area contributed by atoms with E-state index < -0.39 is 0 Å². The fourth-order valence-electron chi connectivity index (χ4n) is 2.66. The lowest BCUT2D eigenvalue weighted by Gasteiger charge is -2.15. The molecule has 3 nitrogen and oxygen atoms in total. The Morgan fingerprint density at radius 3 is 3.18 bits per heavy atom. The number of benzene rings is 1. The topological polar surface area (TPSA) is 35.5 Å². The van der Waals surface area contributed by atoms with Crippen molar-refractivity contribution < 1.29 is 14.3 Å². The van der Waals surface area contributed by atoms with Crippen molar-refractivity contribution in [1.82, 2.24) is 0 Å². The molecular formula is C13H13BrO3. The lowest BCUT2D eigenvalue weighted by molar-refractivity contribution is -0.145. The maximum Gasteiger partial charge on any atom is 0.309 e. The molecule has 0 amide bonds. The molecule has 0 radical (unpaired) electrons. The van der Waals surface area contributed by atoms with Crippen LogP contribution in [0.5, 0.6) is 5.75 Å². The van der Waals surface area contributed by atoms with Gasteiger partial charge in [0, 0.05) is 16.3 Å². The summed E-state index contributed by atoms with van der Waals surface area (Å²) >= 11 is 3.45. The van der Waals surface area contributed by atoms with Crippen LogP contribution in [0.1, 0.15) is 18.4 Å². The van der Waals surface area contributed by atoms with Crippen LogP contribution in [0, 0.1) is 11.8 Å². The molecule has 0 saturated heterocycles. The minimum Gasteiger partial charge on any atom is -0.493 e.